The Morgan fingerprint density at radius 3 is 2.63 bits per heavy atom. The molecule has 0 atom stereocenters. The van der Waals surface area contributed by atoms with Crippen LogP contribution in [0, 0.1) is 11.6 Å². The van der Waals surface area contributed by atoms with Crippen LogP contribution >= 0.6 is 0 Å². The van der Waals surface area contributed by atoms with E-state index >= 15 is 0 Å². The molecule has 0 saturated carbocycles. The third kappa shape index (κ3) is 3.15. The maximum absolute atomic E-state index is 13.4. The Kier molecular flexibility index (Phi) is 3.89. The van der Waals surface area contributed by atoms with Crippen molar-refractivity contribution < 1.29 is 13.6 Å². The Hall–Kier alpha value is -2.24. The molecule has 19 heavy (non-hydrogen) atoms. The second-order valence-corrected chi connectivity index (χ2v) is 4.06. The third-order valence-electron chi connectivity index (χ3n) is 2.68. The van der Waals surface area contributed by atoms with E-state index in [0.29, 0.717) is 5.82 Å². The monoisotopic (exact) mass is 265 g/mol. The molecule has 0 aliphatic carbocycles. The topological polar surface area (TPSA) is 57.8 Å². The van der Waals surface area contributed by atoms with Gasteiger partial charge in [0.15, 0.2) is 5.82 Å². The highest BCUT2D eigenvalue weighted by atomic mass is 19.1. The smallest absolute Gasteiger partial charge is 0.230 e. The first-order valence-corrected chi connectivity index (χ1v) is 5.87. The first-order valence-electron chi connectivity index (χ1n) is 5.87. The molecular weight excluding hydrogens is 252 g/mol. The summed E-state index contributed by atoms with van der Waals surface area (Å²) in [5.74, 6) is -1.63. The van der Waals surface area contributed by atoms with E-state index in [-0.39, 0.29) is 12.0 Å². The summed E-state index contributed by atoms with van der Waals surface area (Å²) in [6, 6.07) is 5.17. The zero-order valence-corrected chi connectivity index (χ0v) is 10.3. The minimum absolute atomic E-state index is 0.244. The van der Waals surface area contributed by atoms with E-state index in [4.69, 9.17) is 0 Å². The molecule has 4 nitrogen and oxygen atoms in total. The van der Waals surface area contributed by atoms with E-state index in [1.807, 2.05) is 6.92 Å². The van der Waals surface area contributed by atoms with Crippen LogP contribution in [0.2, 0.25) is 0 Å². The number of nitrogens with one attached hydrogen (secondary N) is 2. The molecular formula is C13H13F2N3O. The zero-order valence-electron chi connectivity index (χ0n) is 10.3. The highest BCUT2D eigenvalue weighted by molar-refractivity contribution is 5.91. The summed E-state index contributed by atoms with van der Waals surface area (Å²) in [5, 5.41) is 9.09. The van der Waals surface area contributed by atoms with Crippen molar-refractivity contribution >= 4 is 11.7 Å². The minimum atomic E-state index is -0.730. The Morgan fingerprint density at radius 2 is 2.05 bits per heavy atom. The summed E-state index contributed by atoms with van der Waals surface area (Å²) in [6.07, 6.45) is 0.387. The van der Waals surface area contributed by atoms with Crippen LogP contribution in [-0.2, 0) is 17.6 Å². The molecule has 100 valence electrons. The Bertz CT molecular complexity index is 575. The third-order valence-corrected chi connectivity index (χ3v) is 2.68. The van der Waals surface area contributed by atoms with Gasteiger partial charge in [-0.3, -0.25) is 9.89 Å². The second-order valence-electron chi connectivity index (χ2n) is 4.06. The lowest BCUT2D eigenvalue weighted by Gasteiger charge is -2.04. The van der Waals surface area contributed by atoms with Gasteiger partial charge in [0.1, 0.15) is 11.6 Å². The lowest BCUT2D eigenvalue weighted by molar-refractivity contribution is -0.115. The van der Waals surface area contributed by atoms with Crippen molar-refractivity contribution in [1.82, 2.24) is 10.2 Å². The Morgan fingerprint density at radius 1 is 1.37 bits per heavy atom. The molecule has 6 heteroatoms. The maximum atomic E-state index is 13.4. The highest BCUT2D eigenvalue weighted by Gasteiger charge is 2.13. The van der Waals surface area contributed by atoms with Gasteiger partial charge in [-0.15, -0.1) is 0 Å². The van der Waals surface area contributed by atoms with Gasteiger partial charge >= 0.3 is 0 Å². The molecule has 0 unspecified atom stereocenters. The molecule has 0 radical (unpaired) electrons. The van der Waals surface area contributed by atoms with Gasteiger partial charge in [0.05, 0.1) is 6.42 Å². The number of aromatic amines is 1. The molecule has 0 bridgehead atoms. The molecule has 1 heterocycles. The number of carbonyl (C=O) groups excluding carboxylic acids is 1. The van der Waals surface area contributed by atoms with E-state index in [2.05, 4.69) is 15.5 Å². The van der Waals surface area contributed by atoms with E-state index < -0.39 is 17.5 Å². The number of rotatable bonds is 4. The molecule has 0 saturated heterocycles. The van der Waals surface area contributed by atoms with Crippen molar-refractivity contribution in [3.63, 3.8) is 0 Å². The molecule has 2 N–H and O–H groups in total. The molecule has 2 aromatic rings. The van der Waals surface area contributed by atoms with Gasteiger partial charge in [0.25, 0.3) is 0 Å². The van der Waals surface area contributed by atoms with Crippen molar-refractivity contribution in [2.45, 2.75) is 19.8 Å². The number of carbonyl (C=O) groups is 1. The number of amides is 1. The zero-order chi connectivity index (χ0) is 13.8. The molecule has 0 fully saturated rings. The highest BCUT2D eigenvalue weighted by Crippen LogP contribution is 2.14. The molecule has 1 aromatic heterocycles. The number of aromatic nitrogens is 2. The van der Waals surface area contributed by atoms with Gasteiger partial charge < -0.3 is 5.32 Å². The number of halogens is 2. The molecule has 2 rings (SSSR count). The number of aryl methyl sites for hydroxylation is 1. The fraction of sp³-hybridized carbons (Fsp3) is 0.231. The van der Waals surface area contributed by atoms with E-state index in [1.165, 1.54) is 6.07 Å². The standard InChI is InChI=1S/C13H13F2N3O/c1-2-8-6-12(18-17-8)16-13(19)7-9-10(14)4-3-5-11(9)15/h3-6H,2,7H2,1H3,(H2,16,17,18,19). The quantitative estimate of drug-likeness (QED) is 0.892. The summed E-state index contributed by atoms with van der Waals surface area (Å²) in [4.78, 5) is 11.7. The number of benzene rings is 1. The second kappa shape index (κ2) is 5.60. The van der Waals surface area contributed by atoms with Crippen molar-refractivity contribution in [2.75, 3.05) is 5.32 Å². The van der Waals surface area contributed by atoms with Crippen LogP contribution in [0.4, 0.5) is 14.6 Å². The van der Waals surface area contributed by atoms with Gasteiger partial charge in [-0.1, -0.05) is 13.0 Å². The average Bonchev–Trinajstić information content (AvgIpc) is 2.81. The van der Waals surface area contributed by atoms with Crippen LogP contribution < -0.4 is 5.32 Å². The normalized spacial score (nSPS) is 10.5. The predicted molar refractivity (Wildman–Crippen MR) is 66.7 cm³/mol. The van der Waals surface area contributed by atoms with E-state index in [9.17, 15) is 13.6 Å². The average molecular weight is 265 g/mol. The molecule has 0 aliphatic rings. The van der Waals surface area contributed by atoms with Crippen molar-refractivity contribution in [3.8, 4) is 0 Å². The number of nitrogens with zero attached hydrogens (tertiary/aromatic N) is 1. The minimum Gasteiger partial charge on any atom is -0.309 e. The first kappa shape index (κ1) is 13.2. The lowest BCUT2D eigenvalue weighted by Crippen LogP contribution is -2.16. The van der Waals surface area contributed by atoms with Gasteiger partial charge in [-0.05, 0) is 18.6 Å². The number of anilines is 1. The number of hydrogen-bond acceptors (Lipinski definition) is 2. The van der Waals surface area contributed by atoms with Gasteiger partial charge in [-0.25, -0.2) is 8.78 Å². The van der Waals surface area contributed by atoms with Crippen molar-refractivity contribution in [3.05, 3.63) is 47.2 Å². The largest absolute Gasteiger partial charge is 0.309 e. The molecule has 1 amide bonds. The Labute approximate surface area is 108 Å². The predicted octanol–water partition coefficient (Wildman–Crippen LogP) is 2.43. The number of H-pyrrole nitrogens is 1. The van der Waals surface area contributed by atoms with Gasteiger partial charge in [0, 0.05) is 17.3 Å². The SMILES string of the molecule is CCc1cc(NC(=O)Cc2c(F)cccc2F)n[nH]1. The van der Waals surface area contributed by atoms with E-state index in [0.717, 1.165) is 24.2 Å². The fourth-order valence-corrected chi connectivity index (χ4v) is 1.66. The first-order chi connectivity index (χ1) is 9.10. The lowest BCUT2D eigenvalue weighted by atomic mass is 10.1. The number of hydrogen-bond donors (Lipinski definition) is 2. The van der Waals surface area contributed by atoms with Crippen molar-refractivity contribution in [2.24, 2.45) is 0 Å². The Balaban J connectivity index is 2.05. The summed E-state index contributed by atoms with van der Waals surface area (Å²) in [5.41, 5.74) is 0.624. The maximum Gasteiger partial charge on any atom is 0.230 e. The van der Waals surface area contributed by atoms with Gasteiger partial charge in [-0.2, -0.15) is 5.10 Å². The van der Waals surface area contributed by atoms with Crippen LogP contribution in [0.5, 0.6) is 0 Å². The summed E-state index contributed by atoms with van der Waals surface area (Å²) in [7, 11) is 0. The molecule has 1 aromatic carbocycles. The van der Waals surface area contributed by atoms with Crippen LogP contribution in [0.25, 0.3) is 0 Å². The van der Waals surface area contributed by atoms with Crippen molar-refractivity contribution in [1.29, 1.82) is 0 Å². The fourth-order valence-electron chi connectivity index (χ4n) is 1.66. The molecule has 0 aliphatic heterocycles. The summed E-state index contributed by atoms with van der Waals surface area (Å²) < 4.78 is 26.7. The summed E-state index contributed by atoms with van der Waals surface area (Å²) >= 11 is 0. The van der Waals surface area contributed by atoms with Crippen LogP contribution in [0.3, 0.4) is 0 Å². The van der Waals surface area contributed by atoms with Crippen LogP contribution in [-0.4, -0.2) is 16.1 Å². The van der Waals surface area contributed by atoms with E-state index in [1.54, 1.807) is 6.07 Å². The van der Waals surface area contributed by atoms with Crippen LogP contribution in [0.15, 0.2) is 24.3 Å². The summed E-state index contributed by atoms with van der Waals surface area (Å²) in [6.45, 7) is 1.94. The van der Waals surface area contributed by atoms with Gasteiger partial charge in [0.2, 0.25) is 5.91 Å². The van der Waals surface area contributed by atoms with Crippen LogP contribution in [0.1, 0.15) is 18.2 Å². The molecule has 0 spiro atoms.